The highest BCUT2D eigenvalue weighted by atomic mass is 79.9. The van der Waals surface area contributed by atoms with Crippen LogP contribution in [0.2, 0.25) is 0 Å². The number of halogens is 1. The highest BCUT2D eigenvalue weighted by Gasteiger charge is 2.06. The predicted octanol–water partition coefficient (Wildman–Crippen LogP) is 2.97. The van der Waals surface area contributed by atoms with Gasteiger partial charge in [0.15, 0.2) is 11.6 Å². The quantitative estimate of drug-likeness (QED) is 0.686. The van der Waals surface area contributed by atoms with Gasteiger partial charge in [-0.3, -0.25) is 9.78 Å². The van der Waals surface area contributed by atoms with Crippen molar-refractivity contribution in [2.75, 3.05) is 10.6 Å². The van der Waals surface area contributed by atoms with Crippen LogP contribution in [0, 0.1) is 0 Å². The van der Waals surface area contributed by atoms with Gasteiger partial charge in [-0.1, -0.05) is 12.1 Å². The Bertz CT molecular complexity index is 824. The number of benzene rings is 1. The monoisotopic (exact) mass is 357 g/mol. The molecule has 2 aromatic heterocycles. The third-order valence-electron chi connectivity index (χ3n) is 3.07. The van der Waals surface area contributed by atoms with E-state index in [0.29, 0.717) is 29.2 Å². The van der Waals surface area contributed by atoms with Crippen molar-refractivity contribution in [3.05, 3.63) is 52.9 Å². The zero-order valence-electron chi connectivity index (χ0n) is 11.5. The molecular formula is C15H12BrN5O. The first kappa shape index (κ1) is 14.4. The summed E-state index contributed by atoms with van der Waals surface area (Å²) in [5.41, 5.74) is 2.04. The lowest BCUT2D eigenvalue weighted by molar-refractivity contribution is -0.105. The van der Waals surface area contributed by atoms with E-state index in [4.69, 9.17) is 0 Å². The third kappa shape index (κ3) is 3.20. The molecule has 0 aliphatic rings. The Morgan fingerprint density at radius 1 is 1.18 bits per heavy atom. The number of pyridine rings is 1. The topological polar surface area (TPSA) is 79.8 Å². The third-order valence-corrected chi connectivity index (χ3v) is 3.45. The second kappa shape index (κ2) is 6.48. The highest BCUT2D eigenvalue weighted by Crippen LogP contribution is 2.20. The fraction of sp³-hybridized carbons (Fsp3) is 0.0667. The van der Waals surface area contributed by atoms with Gasteiger partial charge in [-0.2, -0.15) is 0 Å². The van der Waals surface area contributed by atoms with Crippen LogP contribution in [0.5, 0.6) is 0 Å². The van der Waals surface area contributed by atoms with Gasteiger partial charge in [-0.25, -0.2) is 9.97 Å². The molecule has 0 fully saturated rings. The summed E-state index contributed by atoms with van der Waals surface area (Å²) in [6, 6.07) is 9.97. The van der Waals surface area contributed by atoms with E-state index >= 15 is 0 Å². The minimum Gasteiger partial charge on any atom is -0.363 e. The molecule has 6 nitrogen and oxygen atoms in total. The zero-order valence-corrected chi connectivity index (χ0v) is 13.0. The molecule has 0 spiro atoms. The normalized spacial score (nSPS) is 10.4. The summed E-state index contributed by atoms with van der Waals surface area (Å²) in [6.45, 7) is 0.559. The lowest BCUT2D eigenvalue weighted by atomic mass is 10.1. The number of hydrogen-bond donors (Lipinski definition) is 2. The molecule has 2 heterocycles. The van der Waals surface area contributed by atoms with E-state index in [9.17, 15) is 4.79 Å². The number of rotatable bonds is 5. The van der Waals surface area contributed by atoms with Gasteiger partial charge < -0.3 is 10.6 Å². The van der Waals surface area contributed by atoms with E-state index in [0.717, 1.165) is 16.5 Å². The molecule has 0 radical (unpaired) electrons. The van der Waals surface area contributed by atoms with Crippen LogP contribution in [0.4, 0.5) is 11.6 Å². The van der Waals surface area contributed by atoms with Gasteiger partial charge in [-0.05, 0) is 39.7 Å². The first-order chi connectivity index (χ1) is 10.8. The van der Waals surface area contributed by atoms with Crippen LogP contribution in [0.3, 0.4) is 0 Å². The molecule has 1 aromatic carbocycles. The molecule has 1 amide bonds. The van der Waals surface area contributed by atoms with Crippen molar-refractivity contribution in [1.82, 2.24) is 15.0 Å². The standard InChI is InChI=1S/C15H12BrN5O/c16-13-8-19-14(20-9-22)15(21-13)18-7-10-3-4-12-11(6-10)2-1-5-17-12/h1-6,8-9H,7H2,(H,18,21)(H,19,20,22). The molecule has 0 atom stereocenters. The van der Waals surface area contributed by atoms with Crippen molar-refractivity contribution >= 4 is 44.9 Å². The molecule has 110 valence electrons. The van der Waals surface area contributed by atoms with E-state index in [1.807, 2.05) is 24.3 Å². The highest BCUT2D eigenvalue weighted by molar-refractivity contribution is 9.10. The molecule has 22 heavy (non-hydrogen) atoms. The van der Waals surface area contributed by atoms with Crippen molar-refractivity contribution in [3.63, 3.8) is 0 Å². The minimum absolute atomic E-state index is 0.389. The summed E-state index contributed by atoms with van der Waals surface area (Å²) in [4.78, 5) is 23.3. The fourth-order valence-electron chi connectivity index (χ4n) is 2.07. The van der Waals surface area contributed by atoms with Gasteiger partial charge in [-0.15, -0.1) is 0 Å². The Morgan fingerprint density at radius 2 is 2.09 bits per heavy atom. The SMILES string of the molecule is O=CNc1ncc(Br)nc1NCc1ccc2ncccc2c1. The number of fused-ring (bicyclic) bond motifs is 1. The molecule has 0 saturated carbocycles. The number of hydrogen-bond acceptors (Lipinski definition) is 5. The van der Waals surface area contributed by atoms with E-state index in [1.165, 1.54) is 6.20 Å². The average molecular weight is 358 g/mol. The smallest absolute Gasteiger partial charge is 0.212 e. The number of nitrogens with one attached hydrogen (secondary N) is 2. The van der Waals surface area contributed by atoms with Crippen LogP contribution in [-0.4, -0.2) is 21.4 Å². The number of carbonyl (C=O) groups is 1. The van der Waals surface area contributed by atoms with Gasteiger partial charge in [0.05, 0.1) is 11.7 Å². The van der Waals surface area contributed by atoms with Crippen molar-refractivity contribution in [2.24, 2.45) is 0 Å². The lowest BCUT2D eigenvalue weighted by Crippen LogP contribution is -2.07. The fourth-order valence-corrected chi connectivity index (χ4v) is 2.35. The van der Waals surface area contributed by atoms with Crippen LogP contribution in [0.1, 0.15) is 5.56 Å². The maximum atomic E-state index is 10.6. The summed E-state index contributed by atoms with van der Waals surface area (Å²) in [5.74, 6) is 0.897. The van der Waals surface area contributed by atoms with Gasteiger partial charge in [0, 0.05) is 18.1 Å². The van der Waals surface area contributed by atoms with Crippen LogP contribution in [0.25, 0.3) is 10.9 Å². The predicted molar refractivity (Wildman–Crippen MR) is 88.5 cm³/mol. The molecule has 0 bridgehead atoms. The number of amides is 1. The van der Waals surface area contributed by atoms with Crippen LogP contribution >= 0.6 is 15.9 Å². The second-order valence-corrected chi connectivity index (χ2v) is 5.35. The summed E-state index contributed by atoms with van der Waals surface area (Å²) in [6.07, 6.45) is 3.87. The van der Waals surface area contributed by atoms with Crippen molar-refractivity contribution < 1.29 is 4.79 Å². The molecule has 2 N–H and O–H groups in total. The maximum absolute atomic E-state index is 10.6. The molecule has 3 rings (SSSR count). The molecular weight excluding hydrogens is 346 g/mol. The van der Waals surface area contributed by atoms with Crippen molar-refractivity contribution in [3.8, 4) is 0 Å². The number of nitrogens with zero attached hydrogens (tertiary/aromatic N) is 3. The Kier molecular flexibility index (Phi) is 4.24. The van der Waals surface area contributed by atoms with Crippen LogP contribution in [0.15, 0.2) is 47.3 Å². The molecule has 0 aliphatic carbocycles. The van der Waals surface area contributed by atoms with Crippen LogP contribution in [-0.2, 0) is 11.3 Å². The number of anilines is 2. The van der Waals surface area contributed by atoms with E-state index in [1.54, 1.807) is 6.20 Å². The first-order valence-corrected chi connectivity index (χ1v) is 7.36. The molecule has 3 aromatic rings. The zero-order chi connectivity index (χ0) is 15.4. The maximum Gasteiger partial charge on any atom is 0.212 e. The first-order valence-electron chi connectivity index (χ1n) is 6.56. The molecule has 0 saturated heterocycles. The lowest BCUT2D eigenvalue weighted by Gasteiger charge is -2.10. The Hall–Kier alpha value is -2.54. The molecule has 7 heteroatoms. The van der Waals surface area contributed by atoms with E-state index < -0.39 is 0 Å². The molecule has 0 unspecified atom stereocenters. The van der Waals surface area contributed by atoms with Crippen molar-refractivity contribution in [2.45, 2.75) is 6.54 Å². The summed E-state index contributed by atoms with van der Waals surface area (Å²) >= 11 is 3.27. The Labute approximate surface area is 135 Å². The Balaban J connectivity index is 1.81. The summed E-state index contributed by atoms with van der Waals surface area (Å²) < 4.78 is 0.592. The number of carbonyl (C=O) groups excluding carboxylic acids is 1. The van der Waals surface area contributed by atoms with Gasteiger partial charge in [0.25, 0.3) is 0 Å². The van der Waals surface area contributed by atoms with Gasteiger partial charge in [0.2, 0.25) is 6.41 Å². The second-order valence-electron chi connectivity index (χ2n) is 4.54. The van der Waals surface area contributed by atoms with E-state index in [-0.39, 0.29) is 0 Å². The van der Waals surface area contributed by atoms with E-state index in [2.05, 4.69) is 47.6 Å². The van der Waals surface area contributed by atoms with Gasteiger partial charge >= 0.3 is 0 Å². The number of aromatic nitrogens is 3. The average Bonchev–Trinajstić information content (AvgIpc) is 2.55. The minimum atomic E-state index is 0.389. The summed E-state index contributed by atoms with van der Waals surface area (Å²) in [5, 5.41) is 6.77. The van der Waals surface area contributed by atoms with Gasteiger partial charge in [0.1, 0.15) is 4.60 Å². The Morgan fingerprint density at radius 3 is 2.95 bits per heavy atom. The summed E-state index contributed by atoms with van der Waals surface area (Å²) in [7, 11) is 0. The van der Waals surface area contributed by atoms with Crippen LogP contribution < -0.4 is 10.6 Å². The van der Waals surface area contributed by atoms with Crippen molar-refractivity contribution in [1.29, 1.82) is 0 Å². The molecule has 0 aliphatic heterocycles. The largest absolute Gasteiger partial charge is 0.363 e.